The van der Waals surface area contributed by atoms with Crippen LogP contribution in [-0.2, 0) is 12.8 Å². The Labute approximate surface area is 204 Å². The van der Waals surface area contributed by atoms with Gasteiger partial charge in [0.2, 0.25) is 0 Å². The van der Waals surface area contributed by atoms with Crippen molar-refractivity contribution in [3.05, 3.63) is 52.0 Å². The number of phenolic OH excluding ortho intramolecular Hbond substituents is 1. The first kappa shape index (κ1) is 26.8. The quantitative estimate of drug-likeness (QED) is 0.0601. The van der Waals surface area contributed by atoms with Gasteiger partial charge in [0.05, 0.1) is 17.2 Å². The second kappa shape index (κ2) is 14.0. The number of halogens is 1. The highest BCUT2D eigenvalue weighted by molar-refractivity contribution is 7.99. The van der Waals surface area contributed by atoms with Crippen molar-refractivity contribution in [2.75, 3.05) is 12.4 Å². The zero-order chi connectivity index (χ0) is 24.2. The number of amidine groups is 1. The van der Waals surface area contributed by atoms with E-state index in [-0.39, 0.29) is 11.5 Å². The number of rotatable bonds is 13. The fraction of sp³-hybridized carbons (Fsp3) is 0.417. The number of carbonyl (C=O) groups excluding carboxylic acids is 1. The van der Waals surface area contributed by atoms with Gasteiger partial charge in [0.15, 0.2) is 5.78 Å². The monoisotopic (exact) mass is 492 g/mol. The number of ketones is 1. The molecule has 2 rings (SSSR count). The zero-order valence-corrected chi connectivity index (χ0v) is 20.8. The first-order chi connectivity index (χ1) is 15.9. The molecule has 9 heteroatoms. The Hall–Kier alpha value is -2.42. The summed E-state index contributed by atoms with van der Waals surface area (Å²) in [6, 6.07) is 9.31. The number of aromatic hydroxyl groups is 1. The van der Waals surface area contributed by atoms with Gasteiger partial charge in [-0.25, -0.2) is 5.84 Å². The summed E-state index contributed by atoms with van der Waals surface area (Å²) in [4.78, 5) is 13.1. The summed E-state index contributed by atoms with van der Waals surface area (Å²) in [7, 11) is 0. The lowest BCUT2D eigenvalue weighted by atomic mass is 10.00. The fourth-order valence-corrected chi connectivity index (χ4v) is 4.62. The van der Waals surface area contributed by atoms with Gasteiger partial charge >= 0.3 is 0 Å². The number of nitrogens with one attached hydrogen (secondary N) is 1. The van der Waals surface area contributed by atoms with E-state index in [0.29, 0.717) is 53.6 Å². The number of thioether (sulfide) groups is 1. The average molecular weight is 493 g/mol. The van der Waals surface area contributed by atoms with Crippen molar-refractivity contribution >= 4 is 35.0 Å². The molecule has 0 unspecified atom stereocenters. The van der Waals surface area contributed by atoms with Crippen LogP contribution >= 0.6 is 23.4 Å². The molecular weight excluding hydrogens is 460 g/mol. The number of nitrogens with zero attached hydrogens (tertiary/aromatic N) is 1. The molecule has 6 N–H and O–H groups in total. The van der Waals surface area contributed by atoms with Gasteiger partial charge in [-0.3, -0.25) is 4.79 Å². The van der Waals surface area contributed by atoms with Gasteiger partial charge in [-0.2, -0.15) is 5.10 Å². The predicted molar refractivity (Wildman–Crippen MR) is 136 cm³/mol. The number of phenols is 1. The summed E-state index contributed by atoms with van der Waals surface area (Å²) in [6.45, 7) is 4.36. The zero-order valence-electron chi connectivity index (χ0n) is 19.2. The highest BCUT2D eigenvalue weighted by Gasteiger charge is 2.17. The SMILES string of the molecule is CCCc1c(OCCCCSc2ccc(C/C(=N/N)NN)cc2Cl)ccc(C(=O)CC)c1O. The molecule has 0 aliphatic heterocycles. The van der Waals surface area contributed by atoms with Crippen LogP contribution in [0, 0.1) is 0 Å². The lowest BCUT2D eigenvalue weighted by Gasteiger charge is -2.15. The molecule has 0 fully saturated rings. The Morgan fingerprint density at radius 1 is 1.24 bits per heavy atom. The Morgan fingerprint density at radius 2 is 2.03 bits per heavy atom. The van der Waals surface area contributed by atoms with Gasteiger partial charge in [-0.05, 0) is 54.8 Å². The van der Waals surface area contributed by atoms with E-state index >= 15 is 0 Å². The summed E-state index contributed by atoms with van der Waals surface area (Å²) >= 11 is 8.10. The van der Waals surface area contributed by atoms with Crippen LogP contribution in [0.4, 0.5) is 0 Å². The summed E-state index contributed by atoms with van der Waals surface area (Å²) in [5.41, 5.74) is 4.52. The van der Waals surface area contributed by atoms with E-state index in [4.69, 9.17) is 28.0 Å². The van der Waals surface area contributed by atoms with Crippen LogP contribution in [0.5, 0.6) is 11.5 Å². The lowest BCUT2D eigenvalue weighted by molar-refractivity contribution is 0.0985. The largest absolute Gasteiger partial charge is 0.507 e. The van der Waals surface area contributed by atoms with E-state index in [1.54, 1.807) is 30.8 Å². The van der Waals surface area contributed by atoms with Crippen LogP contribution in [-0.4, -0.2) is 29.1 Å². The van der Waals surface area contributed by atoms with Crippen LogP contribution < -0.4 is 21.8 Å². The number of hydrogen-bond acceptors (Lipinski definition) is 7. The molecule has 2 aromatic rings. The van der Waals surface area contributed by atoms with Gasteiger partial charge in [0.1, 0.15) is 17.3 Å². The van der Waals surface area contributed by atoms with E-state index < -0.39 is 0 Å². The Balaban J connectivity index is 1.84. The molecule has 0 heterocycles. The highest BCUT2D eigenvalue weighted by atomic mass is 35.5. The number of nitrogens with two attached hydrogens (primary N) is 2. The smallest absolute Gasteiger partial charge is 0.166 e. The number of carbonyl (C=O) groups is 1. The van der Waals surface area contributed by atoms with Crippen molar-refractivity contribution < 1.29 is 14.6 Å². The van der Waals surface area contributed by atoms with Crippen LogP contribution in [0.25, 0.3) is 0 Å². The first-order valence-corrected chi connectivity index (χ1v) is 12.5. The molecular formula is C24H33ClN4O3S. The van der Waals surface area contributed by atoms with Gasteiger partial charge in [-0.1, -0.05) is 37.9 Å². The lowest BCUT2D eigenvalue weighted by Crippen LogP contribution is -2.32. The second-order valence-corrected chi connectivity index (χ2v) is 9.07. The van der Waals surface area contributed by atoms with Crippen molar-refractivity contribution in [1.82, 2.24) is 5.43 Å². The molecule has 0 radical (unpaired) electrons. The maximum Gasteiger partial charge on any atom is 0.166 e. The van der Waals surface area contributed by atoms with Crippen LogP contribution in [0.3, 0.4) is 0 Å². The van der Waals surface area contributed by atoms with E-state index in [0.717, 1.165) is 35.5 Å². The standard InChI is InChI=1S/C24H33ClN4O3S/c1-3-7-18-21(10-9-17(24(18)31)20(30)4-2)32-12-5-6-13-33-22-11-8-16(14-19(22)25)15-23(28-26)29-27/h8-11,14,31H,3-7,12-13,15,26-27H2,1-2H3,(H,28,29). The van der Waals surface area contributed by atoms with Crippen molar-refractivity contribution in [2.45, 2.75) is 57.3 Å². The van der Waals surface area contributed by atoms with Gasteiger partial charge in [0.25, 0.3) is 0 Å². The maximum absolute atomic E-state index is 12.0. The number of hydrazine groups is 1. The topological polar surface area (TPSA) is 123 Å². The first-order valence-electron chi connectivity index (χ1n) is 11.1. The molecule has 2 aromatic carbocycles. The molecule has 33 heavy (non-hydrogen) atoms. The molecule has 0 spiro atoms. The molecule has 0 saturated heterocycles. The Bertz CT molecular complexity index is 969. The van der Waals surface area contributed by atoms with E-state index in [2.05, 4.69) is 10.5 Å². The minimum Gasteiger partial charge on any atom is -0.507 e. The van der Waals surface area contributed by atoms with Crippen LogP contribution in [0.1, 0.15) is 61.0 Å². The van der Waals surface area contributed by atoms with Crippen LogP contribution in [0.15, 0.2) is 40.3 Å². The number of hydrazone groups is 1. The van der Waals surface area contributed by atoms with Crippen molar-refractivity contribution in [2.24, 2.45) is 16.8 Å². The number of benzene rings is 2. The number of ether oxygens (including phenoxy) is 1. The molecule has 0 aromatic heterocycles. The molecule has 180 valence electrons. The average Bonchev–Trinajstić information content (AvgIpc) is 2.82. The normalized spacial score (nSPS) is 11.5. The Morgan fingerprint density at radius 3 is 2.67 bits per heavy atom. The van der Waals surface area contributed by atoms with Crippen LogP contribution in [0.2, 0.25) is 5.02 Å². The summed E-state index contributed by atoms with van der Waals surface area (Å²) in [5, 5.41) is 14.8. The molecule has 7 nitrogen and oxygen atoms in total. The fourth-order valence-electron chi connectivity index (χ4n) is 3.33. The van der Waals surface area contributed by atoms with E-state index in [1.165, 1.54) is 0 Å². The van der Waals surface area contributed by atoms with Crippen molar-refractivity contribution in [3.63, 3.8) is 0 Å². The highest BCUT2D eigenvalue weighted by Crippen LogP contribution is 2.34. The molecule has 0 atom stereocenters. The van der Waals surface area contributed by atoms with Crippen molar-refractivity contribution in [1.29, 1.82) is 0 Å². The van der Waals surface area contributed by atoms with Gasteiger partial charge in [0, 0.05) is 23.3 Å². The van der Waals surface area contributed by atoms with Gasteiger partial charge in [-0.15, -0.1) is 11.8 Å². The minimum atomic E-state index is -0.0656. The molecule has 0 bridgehead atoms. The second-order valence-electron chi connectivity index (χ2n) is 7.53. The van der Waals surface area contributed by atoms with Crippen molar-refractivity contribution in [3.8, 4) is 11.5 Å². The third kappa shape index (κ3) is 7.84. The predicted octanol–water partition coefficient (Wildman–Crippen LogP) is 4.82. The molecule has 0 amide bonds. The summed E-state index contributed by atoms with van der Waals surface area (Å²) < 4.78 is 5.94. The summed E-state index contributed by atoms with van der Waals surface area (Å²) in [6.07, 6.45) is 4.17. The minimum absolute atomic E-state index is 0.0574. The number of Topliss-reactive ketones (excluding diaryl/α,β-unsaturated/α-hetero) is 1. The molecule has 0 aliphatic carbocycles. The maximum atomic E-state index is 12.0. The molecule has 0 aliphatic rings. The van der Waals surface area contributed by atoms with Gasteiger partial charge < -0.3 is 21.1 Å². The number of hydrogen-bond donors (Lipinski definition) is 4. The van der Waals surface area contributed by atoms with E-state index in [9.17, 15) is 9.90 Å². The third-order valence-corrected chi connectivity index (χ3v) is 6.69. The third-order valence-electron chi connectivity index (χ3n) is 5.11. The number of unbranched alkanes of at least 4 members (excludes halogenated alkanes) is 1. The molecule has 0 saturated carbocycles. The summed E-state index contributed by atoms with van der Waals surface area (Å²) in [5.74, 6) is 12.7. The van der Waals surface area contributed by atoms with E-state index in [1.807, 2.05) is 25.1 Å². The Kier molecular flexibility index (Phi) is 11.4.